The molecule has 1 aromatic carbocycles. The summed E-state index contributed by atoms with van der Waals surface area (Å²) in [4.78, 5) is -0.0284. The highest BCUT2D eigenvalue weighted by Crippen LogP contribution is 2.22. The van der Waals surface area contributed by atoms with E-state index in [9.17, 15) is 17.2 Å². The molecule has 1 unspecified atom stereocenters. The minimum Gasteiger partial charge on any atom is -0.376 e. The minimum absolute atomic E-state index is 0.0284. The van der Waals surface area contributed by atoms with E-state index in [1.165, 1.54) is 19.1 Å². The lowest BCUT2D eigenvalue weighted by Crippen LogP contribution is -2.28. The Morgan fingerprint density at radius 3 is 2.44 bits per heavy atom. The van der Waals surface area contributed by atoms with Crippen molar-refractivity contribution in [2.24, 2.45) is 0 Å². The van der Waals surface area contributed by atoms with Crippen LogP contribution in [0.5, 0.6) is 0 Å². The third-order valence-corrected chi connectivity index (χ3v) is 3.88. The average molecular weight is 278 g/mol. The third-order valence-electron chi connectivity index (χ3n) is 2.27. The number of nitrogens with one attached hydrogen (secondary N) is 2. The molecule has 0 bridgehead atoms. The van der Waals surface area contributed by atoms with Gasteiger partial charge in [0.25, 0.3) is 6.43 Å². The molecule has 7 heteroatoms. The Labute approximate surface area is 105 Å². The fourth-order valence-electron chi connectivity index (χ4n) is 1.40. The maximum Gasteiger partial charge on any atom is 0.258 e. The van der Waals surface area contributed by atoms with Gasteiger partial charge in [0.1, 0.15) is 4.90 Å². The molecule has 1 atom stereocenters. The van der Waals surface area contributed by atoms with Crippen molar-refractivity contribution in [3.05, 3.63) is 24.3 Å². The summed E-state index contributed by atoms with van der Waals surface area (Å²) in [5, 5.41) is 2.51. The lowest BCUT2D eigenvalue weighted by molar-refractivity contribution is 0.130. The largest absolute Gasteiger partial charge is 0.376 e. The summed E-state index contributed by atoms with van der Waals surface area (Å²) < 4.78 is 51.0. The van der Waals surface area contributed by atoms with Crippen molar-refractivity contribution in [3.8, 4) is 0 Å². The minimum atomic E-state index is -3.67. The Morgan fingerprint density at radius 2 is 1.89 bits per heavy atom. The van der Waals surface area contributed by atoms with Crippen LogP contribution in [0.3, 0.4) is 0 Å². The maximum atomic E-state index is 12.5. The van der Waals surface area contributed by atoms with Gasteiger partial charge in [0, 0.05) is 6.54 Å². The van der Waals surface area contributed by atoms with Gasteiger partial charge in [0.15, 0.2) is 0 Å². The van der Waals surface area contributed by atoms with E-state index in [1.54, 1.807) is 19.1 Å². The first-order valence-electron chi connectivity index (χ1n) is 5.52. The second kappa shape index (κ2) is 6.10. The van der Waals surface area contributed by atoms with Crippen LogP contribution in [0.4, 0.5) is 14.5 Å². The summed E-state index contributed by atoms with van der Waals surface area (Å²) in [5.74, 6) is 0. The monoisotopic (exact) mass is 278 g/mol. The van der Waals surface area contributed by atoms with Crippen LogP contribution in [0.15, 0.2) is 29.2 Å². The fourth-order valence-corrected chi connectivity index (χ4v) is 2.61. The SMILES string of the molecule is CCNS(=O)(=O)c1ccccc1NC(C)C(F)F. The van der Waals surface area contributed by atoms with E-state index >= 15 is 0 Å². The number of rotatable bonds is 6. The number of hydrogen-bond acceptors (Lipinski definition) is 3. The number of anilines is 1. The number of alkyl halides is 2. The van der Waals surface area contributed by atoms with Crippen LogP contribution in [-0.2, 0) is 10.0 Å². The van der Waals surface area contributed by atoms with Crippen LogP contribution in [0, 0.1) is 0 Å². The number of hydrogen-bond donors (Lipinski definition) is 2. The topological polar surface area (TPSA) is 58.2 Å². The van der Waals surface area contributed by atoms with Gasteiger partial charge >= 0.3 is 0 Å². The molecule has 0 amide bonds. The first kappa shape index (κ1) is 14.8. The van der Waals surface area contributed by atoms with Gasteiger partial charge in [-0.05, 0) is 19.1 Å². The van der Waals surface area contributed by atoms with Gasteiger partial charge in [-0.25, -0.2) is 21.9 Å². The van der Waals surface area contributed by atoms with Crippen molar-refractivity contribution < 1.29 is 17.2 Å². The van der Waals surface area contributed by atoms with E-state index in [0.29, 0.717) is 0 Å². The normalized spacial score (nSPS) is 13.6. The second-order valence-corrected chi connectivity index (χ2v) is 5.50. The molecule has 2 N–H and O–H groups in total. The molecular formula is C11H16F2N2O2S. The summed E-state index contributed by atoms with van der Waals surface area (Å²) in [6.45, 7) is 3.18. The van der Waals surface area contributed by atoms with Crippen LogP contribution in [0.1, 0.15) is 13.8 Å². The molecule has 1 aromatic rings. The summed E-state index contributed by atoms with van der Waals surface area (Å²) >= 11 is 0. The molecule has 102 valence electrons. The summed E-state index contributed by atoms with van der Waals surface area (Å²) in [6, 6.07) is 4.85. The van der Waals surface area contributed by atoms with Gasteiger partial charge in [0.2, 0.25) is 10.0 Å². The Kier molecular flexibility index (Phi) is 5.03. The standard InChI is InChI=1S/C11H16F2N2O2S/c1-3-14-18(16,17)10-7-5-4-6-9(10)15-8(2)11(12)13/h4-8,11,14-15H,3H2,1-2H3. The van der Waals surface area contributed by atoms with Crippen LogP contribution < -0.4 is 10.0 Å². The molecule has 0 aliphatic rings. The van der Waals surface area contributed by atoms with Crippen LogP contribution in [0.2, 0.25) is 0 Å². The molecule has 0 saturated heterocycles. The van der Waals surface area contributed by atoms with Gasteiger partial charge in [-0.3, -0.25) is 0 Å². The average Bonchev–Trinajstić information content (AvgIpc) is 2.29. The molecule has 0 aliphatic carbocycles. The number of halogens is 2. The molecule has 4 nitrogen and oxygen atoms in total. The van der Waals surface area contributed by atoms with Crippen LogP contribution in [0.25, 0.3) is 0 Å². The van der Waals surface area contributed by atoms with E-state index in [0.717, 1.165) is 0 Å². The molecule has 0 saturated carbocycles. The zero-order valence-electron chi connectivity index (χ0n) is 10.2. The predicted octanol–water partition coefficient (Wildman–Crippen LogP) is 2.05. The van der Waals surface area contributed by atoms with Crippen molar-refractivity contribution in [3.63, 3.8) is 0 Å². The van der Waals surface area contributed by atoms with E-state index in [-0.39, 0.29) is 17.1 Å². The number of para-hydroxylation sites is 1. The van der Waals surface area contributed by atoms with E-state index in [4.69, 9.17) is 0 Å². The summed E-state index contributed by atoms with van der Waals surface area (Å²) in [5.41, 5.74) is 0.172. The van der Waals surface area contributed by atoms with Gasteiger partial charge < -0.3 is 5.32 Å². The van der Waals surface area contributed by atoms with Gasteiger partial charge in [-0.2, -0.15) is 0 Å². The van der Waals surface area contributed by atoms with E-state index < -0.39 is 22.5 Å². The van der Waals surface area contributed by atoms with Gasteiger partial charge in [0.05, 0.1) is 11.7 Å². The molecule has 0 spiro atoms. The zero-order chi connectivity index (χ0) is 13.8. The van der Waals surface area contributed by atoms with Crippen LogP contribution in [-0.4, -0.2) is 27.4 Å². The Balaban J connectivity index is 3.07. The number of sulfonamides is 1. The zero-order valence-corrected chi connectivity index (χ0v) is 11.0. The molecule has 0 radical (unpaired) electrons. The van der Waals surface area contributed by atoms with Crippen molar-refractivity contribution in [1.29, 1.82) is 0 Å². The lowest BCUT2D eigenvalue weighted by atomic mass is 10.2. The second-order valence-electron chi connectivity index (χ2n) is 3.76. The number of benzene rings is 1. The molecule has 18 heavy (non-hydrogen) atoms. The lowest BCUT2D eigenvalue weighted by Gasteiger charge is -2.17. The van der Waals surface area contributed by atoms with Crippen LogP contribution >= 0.6 is 0 Å². The molecule has 0 aliphatic heterocycles. The summed E-state index contributed by atoms with van der Waals surface area (Å²) in [6.07, 6.45) is -2.57. The maximum absolute atomic E-state index is 12.5. The molecule has 0 fully saturated rings. The third kappa shape index (κ3) is 3.64. The smallest absolute Gasteiger partial charge is 0.258 e. The highest BCUT2D eigenvalue weighted by atomic mass is 32.2. The molecule has 1 rings (SSSR count). The molecule has 0 heterocycles. The van der Waals surface area contributed by atoms with E-state index in [2.05, 4.69) is 10.0 Å². The first-order valence-corrected chi connectivity index (χ1v) is 7.00. The summed E-state index contributed by atoms with van der Waals surface area (Å²) in [7, 11) is -3.67. The molecular weight excluding hydrogens is 262 g/mol. The quantitative estimate of drug-likeness (QED) is 0.837. The Morgan fingerprint density at radius 1 is 1.28 bits per heavy atom. The van der Waals surface area contributed by atoms with E-state index in [1.807, 2.05) is 0 Å². The van der Waals surface area contributed by atoms with Gasteiger partial charge in [-0.15, -0.1) is 0 Å². The van der Waals surface area contributed by atoms with Crippen molar-refractivity contribution >= 4 is 15.7 Å². The highest BCUT2D eigenvalue weighted by Gasteiger charge is 2.20. The Hall–Kier alpha value is -1.21. The molecule has 0 aromatic heterocycles. The van der Waals surface area contributed by atoms with Crippen molar-refractivity contribution in [2.75, 3.05) is 11.9 Å². The fraction of sp³-hybridized carbons (Fsp3) is 0.455. The van der Waals surface area contributed by atoms with Crippen molar-refractivity contribution in [1.82, 2.24) is 4.72 Å². The van der Waals surface area contributed by atoms with Gasteiger partial charge in [-0.1, -0.05) is 19.1 Å². The van der Waals surface area contributed by atoms with Crippen molar-refractivity contribution in [2.45, 2.75) is 31.2 Å². The highest BCUT2D eigenvalue weighted by molar-refractivity contribution is 7.89. The Bertz CT molecular complexity index is 492. The first-order chi connectivity index (χ1) is 8.38. The predicted molar refractivity (Wildman–Crippen MR) is 66.4 cm³/mol.